The van der Waals surface area contributed by atoms with Crippen LogP contribution in [-0.2, 0) is 13.6 Å². The van der Waals surface area contributed by atoms with Crippen molar-refractivity contribution in [1.82, 2.24) is 14.8 Å². The van der Waals surface area contributed by atoms with Gasteiger partial charge < -0.3 is 10.2 Å². The maximum Gasteiger partial charge on any atom is 0.128 e. The highest BCUT2D eigenvalue weighted by Gasteiger charge is 2.25. The molecule has 0 bridgehead atoms. The Labute approximate surface area is 144 Å². The predicted molar refractivity (Wildman–Crippen MR) is 97.4 cm³/mol. The minimum Gasteiger partial charge on any atom is -0.371 e. The zero-order chi connectivity index (χ0) is 16.4. The number of hydrogen-bond donors (Lipinski definition) is 1. The molecule has 3 heterocycles. The Morgan fingerprint density at radius 2 is 2.00 bits per heavy atom. The van der Waals surface area contributed by atoms with E-state index in [1.165, 1.54) is 55.5 Å². The first kappa shape index (κ1) is 15.5. The smallest absolute Gasteiger partial charge is 0.128 e. The van der Waals surface area contributed by atoms with E-state index in [0.29, 0.717) is 5.92 Å². The van der Waals surface area contributed by atoms with Crippen LogP contribution >= 0.6 is 0 Å². The molecule has 24 heavy (non-hydrogen) atoms. The molecule has 5 nitrogen and oxygen atoms in total. The second-order valence-corrected chi connectivity index (χ2v) is 7.14. The molecule has 0 spiro atoms. The maximum atomic E-state index is 4.68. The lowest BCUT2D eigenvalue weighted by molar-refractivity contribution is 0.406. The third-order valence-corrected chi connectivity index (χ3v) is 5.35. The number of pyridine rings is 1. The Bertz CT molecular complexity index is 683. The number of rotatable bonds is 5. The largest absolute Gasteiger partial charge is 0.371 e. The van der Waals surface area contributed by atoms with Crippen molar-refractivity contribution >= 4 is 11.5 Å². The molecule has 0 atom stereocenters. The highest BCUT2D eigenvalue weighted by Crippen LogP contribution is 2.37. The van der Waals surface area contributed by atoms with Gasteiger partial charge in [-0.25, -0.2) is 4.98 Å². The molecule has 2 aromatic heterocycles. The van der Waals surface area contributed by atoms with Crippen LogP contribution in [0.3, 0.4) is 0 Å². The van der Waals surface area contributed by atoms with E-state index in [2.05, 4.69) is 38.6 Å². The molecule has 1 aliphatic carbocycles. The van der Waals surface area contributed by atoms with Gasteiger partial charge in [-0.3, -0.25) is 4.68 Å². The standard InChI is InChI=1S/C19H27N5/c1-23-14-16(19(22-23)15-6-5-7-15)13-21-18-12-17(8-9-20-18)24-10-3-2-4-11-24/h8-9,12,14-15H,2-7,10-11,13H2,1H3,(H,20,21). The second-order valence-electron chi connectivity index (χ2n) is 7.14. The summed E-state index contributed by atoms with van der Waals surface area (Å²) in [5.41, 5.74) is 3.88. The number of piperidine rings is 1. The van der Waals surface area contributed by atoms with Gasteiger partial charge in [-0.15, -0.1) is 0 Å². The molecule has 128 valence electrons. The van der Waals surface area contributed by atoms with Gasteiger partial charge in [0.05, 0.1) is 5.69 Å². The predicted octanol–water partition coefficient (Wildman–Crippen LogP) is 3.69. The minimum absolute atomic E-state index is 0.663. The lowest BCUT2D eigenvalue weighted by Crippen LogP contribution is -2.29. The van der Waals surface area contributed by atoms with Crippen LogP contribution in [0.1, 0.15) is 55.7 Å². The van der Waals surface area contributed by atoms with Crippen LogP contribution in [0.4, 0.5) is 11.5 Å². The van der Waals surface area contributed by atoms with E-state index in [4.69, 9.17) is 0 Å². The third-order valence-electron chi connectivity index (χ3n) is 5.35. The van der Waals surface area contributed by atoms with Crippen LogP contribution in [0, 0.1) is 0 Å². The van der Waals surface area contributed by atoms with E-state index in [1.54, 1.807) is 0 Å². The fourth-order valence-electron chi connectivity index (χ4n) is 3.77. The molecular formula is C19H27N5. The summed E-state index contributed by atoms with van der Waals surface area (Å²) in [7, 11) is 2.01. The monoisotopic (exact) mass is 325 g/mol. The van der Waals surface area contributed by atoms with E-state index in [0.717, 1.165) is 25.5 Å². The molecule has 1 saturated heterocycles. The summed E-state index contributed by atoms with van der Waals surface area (Å²) in [6.07, 6.45) is 11.9. The Morgan fingerprint density at radius 1 is 1.17 bits per heavy atom. The summed E-state index contributed by atoms with van der Waals surface area (Å²) in [5.74, 6) is 1.62. The van der Waals surface area contributed by atoms with E-state index in [9.17, 15) is 0 Å². The van der Waals surface area contributed by atoms with Crippen LogP contribution in [0.25, 0.3) is 0 Å². The Hall–Kier alpha value is -2.04. The van der Waals surface area contributed by atoms with Gasteiger partial charge >= 0.3 is 0 Å². The van der Waals surface area contributed by atoms with Crippen LogP contribution in [-0.4, -0.2) is 27.9 Å². The first-order valence-corrected chi connectivity index (χ1v) is 9.27. The van der Waals surface area contributed by atoms with Gasteiger partial charge in [-0.2, -0.15) is 5.10 Å². The lowest BCUT2D eigenvalue weighted by atomic mass is 9.81. The van der Waals surface area contributed by atoms with Gasteiger partial charge in [0.1, 0.15) is 5.82 Å². The molecule has 0 amide bonds. The fraction of sp³-hybridized carbons (Fsp3) is 0.579. The molecule has 1 N–H and O–H groups in total. The topological polar surface area (TPSA) is 46.0 Å². The number of anilines is 2. The van der Waals surface area contributed by atoms with Crippen LogP contribution in [0.5, 0.6) is 0 Å². The molecule has 4 rings (SSSR count). The van der Waals surface area contributed by atoms with E-state index < -0.39 is 0 Å². The molecular weight excluding hydrogens is 298 g/mol. The average molecular weight is 325 g/mol. The van der Waals surface area contributed by atoms with Crippen molar-refractivity contribution in [2.24, 2.45) is 7.05 Å². The van der Waals surface area contributed by atoms with E-state index in [-0.39, 0.29) is 0 Å². The number of nitrogens with zero attached hydrogens (tertiary/aromatic N) is 4. The van der Waals surface area contributed by atoms with Gasteiger partial charge in [-0.05, 0) is 38.2 Å². The van der Waals surface area contributed by atoms with Crippen molar-refractivity contribution < 1.29 is 0 Å². The zero-order valence-corrected chi connectivity index (χ0v) is 14.5. The van der Waals surface area contributed by atoms with Gasteiger partial charge in [0.15, 0.2) is 0 Å². The van der Waals surface area contributed by atoms with Gasteiger partial charge in [-0.1, -0.05) is 6.42 Å². The van der Waals surface area contributed by atoms with Crippen molar-refractivity contribution in [2.45, 2.75) is 51.0 Å². The van der Waals surface area contributed by atoms with Gasteiger partial charge in [0.2, 0.25) is 0 Å². The van der Waals surface area contributed by atoms with Crippen molar-refractivity contribution in [2.75, 3.05) is 23.3 Å². The highest BCUT2D eigenvalue weighted by molar-refractivity contribution is 5.54. The molecule has 0 radical (unpaired) electrons. The fourth-order valence-corrected chi connectivity index (χ4v) is 3.77. The summed E-state index contributed by atoms with van der Waals surface area (Å²) in [4.78, 5) is 6.97. The summed E-state index contributed by atoms with van der Waals surface area (Å²) in [5, 5.41) is 8.19. The number of hydrogen-bond acceptors (Lipinski definition) is 4. The number of nitrogens with one attached hydrogen (secondary N) is 1. The molecule has 2 aliphatic rings. The van der Waals surface area contributed by atoms with Gasteiger partial charge in [0, 0.05) is 62.3 Å². The lowest BCUT2D eigenvalue weighted by Gasteiger charge is -2.29. The van der Waals surface area contributed by atoms with Crippen LogP contribution < -0.4 is 10.2 Å². The average Bonchev–Trinajstić information content (AvgIpc) is 2.93. The molecule has 1 aliphatic heterocycles. The summed E-state index contributed by atoms with van der Waals surface area (Å²) < 4.78 is 1.95. The maximum absolute atomic E-state index is 4.68. The summed E-state index contributed by atoms with van der Waals surface area (Å²) in [6.45, 7) is 3.13. The first-order chi connectivity index (χ1) is 11.8. The zero-order valence-electron chi connectivity index (χ0n) is 14.5. The van der Waals surface area contributed by atoms with E-state index >= 15 is 0 Å². The molecule has 0 unspecified atom stereocenters. The quantitative estimate of drug-likeness (QED) is 0.911. The molecule has 5 heteroatoms. The third kappa shape index (κ3) is 3.25. The highest BCUT2D eigenvalue weighted by atomic mass is 15.3. The van der Waals surface area contributed by atoms with Crippen molar-refractivity contribution in [3.05, 3.63) is 35.8 Å². The summed E-state index contributed by atoms with van der Waals surface area (Å²) in [6, 6.07) is 4.31. The summed E-state index contributed by atoms with van der Waals surface area (Å²) >= 11 is 0. The normalized spacial score (nSPS) is 18.5. The molecule has 1 saturated carbocycles. The first-order valence-electron chi connectivity index (χ1n) is 9.27. The Balaban J connectivity index is 1.44. The SMILES string of the molecule is Cn1cc(CNc2cc(N3CCCCC3)ccn2)c(C2CCC2)n1. The van der Waals surface area contributed by atoms with Crippen molar-refractivity contribution in [3.8, 4) is 0 Å². The van der Waals surface area contributed by atoms with Crippen molar-refractivity contribution in [3.63, 3.8) is 0 Å². The Morgan fingerprint density at radius 3 is 2.75 bits per heavy atom. The van der Waals surface area contributed by atoms with E-state index in [1.807, 2.05) is 17.9 Å². The van der Waals surface area contributed by atoms with Crippen LogP contribution in [0.15, 0.2) is 24.5 Å². The minimum atomic E-state index is 0.663. The Kier molecular flexibility index (Phi) is 4.41. The molecule has 2 fully saturated rings. The van der Waals surface area contributed by atoms with Gasteiger partial charge in [0.25, 0.3) is 0 Å². The number of aryl methyl sites for hydroxylation is 1. The van der Waals surface area contributed by atoms with Crippen LogP contribution in [0.2, 0.25) is 0 Å². The molecule has 0 aromatic carbocycles. The second kappa shape index (κ2) is 6.83. The van der Waals surface area contributed by atoms with Crippen molar-refractivity contribution in [1.29, 1.82) is 0 Å². The number of aromatic nitrogens is 3. The molecule has 2 aromatic rings.